The van der Waals surface area contributed by atoms with Gasteiger partial charge in [-0.15, -0.1) is 0 Å². The predicted molar refractivity (Wildman–Crippen MR) is 95.6 cm³/mol. The van der Waals surface area contributed by atoms with Crippen LogP contribution in [0.15, 0.2) is 18.2 Å². The van der Waals surface area contributed by atoms with Crippen molar-refractivity contribution in [2.45, 2.75) is 38.6 Å². The zero-order valence-corrected chi connectivity index (χ0v) is 15.4. The van der Waals surface area contributed by atoms with Crippen LogP contribution in [0.3, 0.4) is 0 Å². The van der Waals surface area contributed by atoms with Gasteiger partial charge in [-0.3, -0.25) is 9.69 Å². The van der Waals surface area contributed by atoms with Gasteiger partial charge in [0, 0.05) is 18.7 Å². The van der Waals surface area contributed by atoms with Crippen molar-refractivity contribution in [3.63, 3.8) is 0 Å². The maximum atomic E-state index is 12.7. The predicted octanol–water partition coefficient (Wildman–Crippen LogP) is 3.10. The molecule has 1 amide bonds. The Morgan fingerprint density at radius 2 is 1.83 bits per heavy atom. The number of carbonyl (C=O) groups is 1. The first kappa shape index (κ1) is 18.6. The fourth-order valence-corrected chi connectivity index (χ4v) is 3.19. The molecule has 134 valence electrons. The van der Waals surface area contributed by atoms with E-state index in [9.17, 15) is 4.79 Å². The molecule has 1 aromatic rings. The number of amides is 1. The van der Waals surface area contributed by atoms with E-state index >= 15 is 0 Å². The minimum absolute atomic E-state index is 0.0506. The summed E-state index contributed by atoms with van der Waals surface area (Å²) in [5, 5.41) is 0. The van der Waals surface area contributed by atoms with Crippen LogP contribution in [0.2, 0.25) is 0 Å². The zero-order chi connectivity index (χ0) is 17.5. The highest BCUT2D eigenvalue weighted by Gasteiger charge is 2.23. The Kier molecular flexibility index (Phi) is 6.91. The molecule has 5 nitrogen and oxygen atoms in total. The molecule has 24 heavy (non-hydrogen) atoms. The fourth-order valence-electron chi connectivity index (χ4n) is 3.19. The first-order valence-corrected chi connectivity index (χ1v) is 8.76. The summed E-state index contributed by atoms with van der Waals surface area (Å²) in [6.45, 7) is 4.59. The van der Waals surface area contributed by atoms with Crippen molar-refractivity contribution < 1.29 is 14.3 Å². The Bertz CT molecular complexity index is 539. The number of likely N-dealkylation sites (tertiary alicyclic amines) is 1. The fraction of sp³-hybridized carbons (Fsp3) is 0.632. The number of carbonyl (C=O) groups excluding carboxylic acids is 1. The summed E-state index contributed by atoms with van der Waals surface area (Å²) in [5.41, 5.74) is 0.991. The van der Waals surface area contributed by atoms with Gasteiger partial charge in [-0.05, 0) is 45.0 Å². The molecule has 0 aliphatic carbocycles. The molecule has 1 atom stereocenters. The Morgan fingerprint density at radius 1 is 1.17 bits per heavy atom. The van der Waals surface area contributed by atoms with E-state index in [1.54, 1.807) is 14.2 Å². The summed E-state index contributed by atoms with van der Waals surface area (Å²) in [5.74, 6) is 1.65. The summed E-state index contributed by atoms with van der Waals surface area (Å²) in [4.78, 5) is 16.8. The highest BCUT2D eigenvalue weighted by Crippen LogP contribution is 2.32. The van der Waals surface area contributed by atoms with Crippen LogP contribution >= 0.6 is 0 Å². The first-order chi connectivity index (χ1) is 11.6. The molecule has 1 heterocycles. The maximum Gasteiger partial charge on any atom is 0.236 e. The van der Waals surface area contributed by atoms with Crippen LogP contribution in [0.4, 0.5) is 0 Å². The molecule has 1 aromatic carbocycles. The van der Waals surface area contributed by atoms with Gasteiger partial charge in [0.05, 0.1) is 26.8 Å². The second-order valence-corrected chi connectivity index (χ2v) is 6.48. The van der Waals surface area contributed by atoms with Crippen LogP contribution in [0, 0.1) is 0 Å². The van der Waals surface area contributed by atoms with E-state index in [4.69, 9.17) is 9.47 Å². The van der Waals surface area contributed by atoms with Gasteiger partial charge in [-0.2, -0.15) is 0 Å². The lowest BCUT2D eigenvalue weighted by Gasteiger charge is -2.29. The van der Waals surface area contributed by atoms with E-state index in [1.807, 2.05) is 37.1 Å². The van der Waals surface area contributed by atoms with Crippen LogP contribution in [-0.4, -0.2) is 56.6 Å². The molecule has 1 unspecified atom stereocenters. The molecule has 0 aromatic heterocycles. The highest BCUT2D eigenvalue weighted by molar-refractivity contribution is 5.78. The number of nitrogens with zero attached hydrogens (tertiary/aromatic N) is 2. The molecule has 1 aliphatic rings. The molecule has 5 heteroatoms. The van der Waals surface area contributed by atoms with Gasteiger partial charge >= 0.3 is 0 Å². The number of ether oxygens (including phenoxy) is 2. The number of benzene rings is 1. The second kappa shape index (κ2) is 8.92. The third-order valence-electron chi connectivity index (χ3n) is 4.92. The third-order valence-corrected chi connectivity index (χ3v) is 4.92. The number of methoxy groups -OCH3 is 2. The zero-order valence-electron chi connectivity index (χ0n) is 15.4. The summed E-state index contributed by atoms with van der Waals surface area (Å²) in [7, 11) is 5.15. The first-order valence-electron chi connectivity index (χ1n) is 8.76. The van der Waals surface area contributed by atoms with Crippen LogP contribution in [0.1, 0.15) is 44.2 Å². The normalized spacial score (nSPS) is 17.0. The summed E-state index contributed by atoms with van der Waals surface area (Å²) < 4.78 is 10.7. The minimum Gasteiger partial charge on any atom is -0.497 e. The highest BCUT2D eigenvalue weighted by atomic mass is 16.5. The Morgan fingerprint density at radius 3 is 2.42 bits per heavy atom. The second-order valence-electron chi connectivity index (χ2n) is 6.48. The summed E-state index contributed by atoms with van der Waals surface area (Å²) >= 11 is 0. The molecule has 2 rings (SSSR count). The largest absolute Gasteiger partial charge is 0.497 e. The maximum absolute atomic E-state index is 12.7. The van der Waals surface area contributed by atoms with Crippen molar-refractivity contribution >= 4 is 5.91 Å². The van der Waals surface area contributed by atoms with Gasteiger partial charge in [0.1, 0.15) is 11.5 Å². The van der Waals surface area contributed by atoms with E-state index < -0.39 is 0 Å². The lowest BCUT2D eigenvalue weighted by atomic mass is 10.1. The quantitative estimate of drug-likeness (QED) is 0.802. The molecule has 0 bridgehead atoms. The standard InChI is InChI=1S/C19H30N2O3/c1-15(17-10-9-16(23-3)13-18(17)24-4)20(2)19(22)14-21-11-7-5-6-8-12-21/h9-10,13,15H,5-8,11-12,14H2,1-4H3. The number of rotatable bonds is 6. The van der Waals surface area contributed by atoms with Gasteiger partial charge in [-0.1, -0.05) is 12.8 Å². The van der Waals surface area contributed by atoms with Crippen LogP contribution in [-0.2, 0) is 4.79 Å². The minimum atomic E-state index is -0.0506. The number of likely N-dealkylation sites (N-methyl/N-ethyl adjacent to an activating group) is 1. The number of hydrogen-bond donors (Lipinski definition) is 0. The molecule has 1 aliphatic heterocycles. The molecule has 1 fully saturated rings. The lowest BCUT2D eigenvalue weighted by Crippen LogP contribution is -2.40. The van der Waals surface area contributed by atoms with Crippen molar-refractivity contribution in [2.24, 2.45) is 0 Å². The van der Waals surface area contributed by atoms with E-state index in [0.29, 0.717) is 6.54 Å². The van der Waals surface area contributed by atoms with Crippen LogP contribution < -0.4 is 9.47 Å². The van der Waals surface area contributed by atoms with E-state index in [0.717, 1.165) is 30.2 Å². The molecule has 1 saturated heterocycles. The molecular formula is C19H30N2O3. The van der Waals surface area contributed by atoms with Gasteiger partial charge in [0.2, 0.25) is 5.91 Å². The van der Waals surface area contributed by atoms with Gasteiger partial charge < -0.3 is 14.4 Å². The van der Waals surface area contributed by atoms with Crippen molar-refractivity contribution in [1.29, 1.82) is 0 Å². The van der Waals surface area contributed by atoms with Gasteiger partial charge in [-0.25, -0.2) is 0 Å². The average molecular weight is 334 g/mol. The van der Waals surface area contributed by atoms with Gasteiger partial charge in [0.25, 0.3) is 0 Å². The SMILES string of the molecule is COc1ccc(C(C)N(C)C(=O)CN2CCCCCC2)c(OC)c1. The van der Waals surface area contributed by atoms with E-state index in [2.05, 4.69) is 4.90 Å². The Labute approximate surface area is 145 Å². The molecule has 0 N–H and O–H groups in total. The molecular weight excluding hydrogens is 304 g/mol. The van der Waals surface area contributed by atoms with Crippen LogP contribution in [0.25, 0.3) is 0 Å². The van der Waals surface area contributed by atoms with Crippen molar-refractivity contribution in [3.05, 3.63) is 23.8 Å². The number of hydrogen-bond acceptors (Lipinski definition) is 4. The summed E-state index contributed by atoms with van der Waals surface area (Å²) in [6, 6.07) is 5.68. The van der Waals surface area contributed by atoms with E-state index in [1.165, 1.54) is 25.7 Å². The molecule has 0 saturated carbocycles. The monoisotopic (exact) mass is 334 g/mol. The smallest absolute Gasteiger partial charge is 0.236 e. The third kappa shape index (κ3) is 4.63. The van der Waals surface area contributed by atoms with Crippen molar-refractivity contribution in [3.8, 4) is 11.5 Å². The Hall–Kier alpha value is -1.75. The van der Waals surface area contributed by atoms with Crippen molar-refractivity contribution in [2.75, 3.05) is 40.9 Å². The van der Waals surface area contributed by atoms with Gasteiger partial charge in [0.15, 0.2) is 0 Å². The molecule has 0 radical (unpaired) electrons. The lowest BCUT2D eigenvalue weighted by molar-refractivity contribution is -0.133. The van der Waals surface area contributed by atoms with E-state index in [-0.39, 0.29) is 11.9 Å². The molecule has 0 spiro atoms. The topological polar surface area (TPSA) is 42.0 Å². The average Bonchev–Trinajstić information content (AvgIpc) is 2.88. The van der Waals surface area contributed by atoms with Crippen molar-refractivity contribution in [1.82, 2.24) is 9.80 Å². The Balaban J connectivity index is 2.04. The van der Waals surface area contributed by atoms with Crippen LogP contribution in [0.5, 0.6) is 11.5 Å². The summed E-state index contributed by atoms with van der Waals surface area (Å²) in [6.07, 6.45) is 4.94.